The van der Waals surface area contributed by atoms with Gasteiger partial charge in [-0.3, -0.25) is 4.68 Å². The summed E-state index contributed by atoms with van der Waals surface area (Å²) in [5.41, 5.74) is 5.85. The van der Waals surface area contributed by atoms with Gasteiger partial charge in [-0.1, -0.05) is 47.5 Å². The van der Waals surface area contributed by atoms with Gasteiger partial charge in [-0.05, 0) is 43.2 Å². The molecule has 0 atom stereocenters. The average molecular weight is 297 g/mol. The predicted octanol–water partition coefficient (Wildman–Crippen LogP) is 4.87. The standard InChI is InChI=1S/C18H17ClN2/c1-13-3-5-15(6-4-13)12-21-18(9-10-20-21)16-7-8-17(19)14(2)11-16/h3-11H,12H2,1-2H3. The van der Waals surface area contributed by atoms with E-state index in [2.05, 4.69) is 42.4 Å². The first kappa shape index (κ1) is 13.9. The summed E-state index contributed by atoms with van der Waals surface area (Å²) in [7, 11) is 0. The van der Waals surface area contributed by atoms with Gasteiger partial charge in [-0.2, -0.15) is 5.10 Å². The van der Waals surface area contributed by atoms with Crippen LogP contribution in [0.1, 0.15) is 16.7 Å². The van der Waals surface area contributed by atoms with Crippen molar-refractivity contribution in [2.45, 2.75) is 20.4 Å². The number of aromatic nitrogens is 2. The molecule has 1 heterocycles. The minimum absolute atomic E-state index is 0.768. The molecule has 0 aliphatic heterocycles. The number of aryl methyl sites for hydroxylation is 2. The second-order valence-corrected chi connectivity index (χ2v) is 5.73. The number of benzene rings is 2. The predicted molar refractivity (Wildman–Crippen MR) is 87.7 cm³/mol. The average Bonchev–Trinajstić information content (AvgIpc) is 2.92. The Morgan fingerprint density at radius 3 is 2.48 bits per heavy atom. The van der Waals surface area contributed by atoms with Gasteiger partial charge in [0.05, 0.1) is 12.2 Å². The minimum atomic E-state index is 0.768. The lowest BCUT2D eigenvalue weighted by atomic mass is 10.1. The third kappa shape index (κ3) is 3.01. The van der Waals surface area contributed by atoms with Gasteiger partial charge in [-0.15, -0.1) is 0 Å². The second kappa shape index (κ2) is 5.74. The van der Waals surface area contributed by atoms with E-state index in [1.807, 2.05) is 36.0 Å². The molecule has 3 rings (SSSR count). The molecule has 0 unspecified atom stereocenters. The summed E-state index contributed by atoms with van der Waals surface area (Å²) >= 11 is 6.10. The van der Waals surface area contributed by atoms with Gasteiger partial charge in [0.2, 0.25) is 0 Å². The third-order valence-corrected chi connectivity index (χ3v) is 4.05. The third-order valence-electron chi connectivity index (χ3n) is 3.62. The summed E-state index contributed by atoms with van der Waals surface area (Å²) in [6.45, 7) is 4.89. The minimum Gasteiger partial charge on any atom is -0.260 e. The largest absolute Gasteiger partial charge is 0.260 e. The van der Waals surface area contributed by atoms with Crippen molar-refractivity contribution < 1.29 is 0 Å². The fraction of sp³-hybridized carbons (Fsp3) is 0.167. The Bertz CT molecular complexity index is 757. The SMILES string of the molecule is Cc1ccc(Cn2nccc2-c2ccc(Cl)c(C)c2)cc1. The molecule has 0 spiro atoms. The van der Waals surface area contributed by atoms with Crippen molar-refractivity contribution in [2.75, 3.05) is 0 Å². The Balaban J connectivity index is 1.93. The maximum atomic E-state index is 6.10. The Morgan fingerprint density at radius 2 is 1.76 bits per heavy atom. The van der Waals surface area contributed by atoms with Gasteiger partial charge >= 0.3 is 0 Å². The van der Waals surface area contributed by atoms with E-state index in [1.54, 1.807) is 0 Å². The zero-order chi connectivity index (χ0) is 14.8. The summed E-state index contributed by atoms with van der Waals surface area (Å²) in [4.78, 5) is 0. The first-order valence-electron chi connectivity index (χ1n) is 6.97. The number of hydrogen-bond acceptors (Lipinski definition) is 1. The molecule has 0 radical (unpaired) electrons. The molecule has 0 amide bonds. The highest BCUT2D eigenvalue weighted by Gasteiger charge is 2.07. The van der Waals surface area contributed by atoms with E-state index in [1.165, 1.54) is 11.1 Å². The van der Waals surface area contributed by atoms with E-state index in [0.717, 1.165) is 28.4 Å². The van der Waals surface area contributed by atoms with Crippen LogP contribution in [-0.4, -0.2) is 9.78 Å². The van der Waals surface area contributed by atoms with Gasteiger partial charge in [0.25, 0.3) is 0 Å². The highest BCUT2D eigenvalue weighted by atomic mass is 35.5. The van der Waals surface area contributed by atoms with Crippen molar-refractivity contribution in [3.63, 3.8) is 0 Å². The molecular weight excluding hydrogens is 280 g/mol. The summed E-state index contributed by atoms with van der Waals surface area (Å²) in [6.07, 6.45) is 1.84. The first-order chi connectivity index (χ1) is 10.1. The molecule has 0 bridgehead atoms. The number of halogens is 1. The highest BCUT2D eigenvalue weighted by molar-refractivity contribution is 6.31. The topological polar surface area (TPSA) is 17.8 Å². The Morgan fingerprint density at radius 1 is 1.00 bits per heavy atom. The Kier molecular flexibility index (Phi) is 3.80. The molecule has 21 heavy (non-hydrogen) atoms. The smallest absolute Gasteiger partial charge is 0.0686 e. The van der Waals surface area contributed by atoms with E-state index >= 15 is 0 Å². The maximum Gasteiger partial charge on any atom is 0.0686 e. The van der Waals surface area contributed by atoms with Crippen molar-refractivity contribution in [1.29, 1.82) is 0 Å². The number of nitrogens with zero attached hydrogens (tertiary/aromatic N) is 2. The normalized spacial score (nSPS) is 10.8. The zero-order valence-electron chi connectivity index (χ0n) is 12.2. The Hall–Kier alpha value is -2.06. The van der Waals surface area contributed by atoms with Crippen LogP contribution in [-0.2, 0) is 6.54 Å². The van der Waals surface area contributed by atoms with Crippen LogP contribution in [0.15, 0.2) is 54.7 Å². The van der Waals surface area contributed by atoms with Crippen LogP contribution >= 0.6 is 11.6 Å². The zero-order valence-corrected chi connectivity index (χ0v) is 12.9. The van der Waals surface area contributed by atoms with Gasteiger partial charge in [0.1, 0.15) is 0 Å². The number of hydrogen-bond donors (Lipinski definition) is 0. The van der Waals surface area contributed by atoms with Crippen LogP contribution < -0.4 is 0 Å². The second-order valence-electron chi connectivity index (χ2n) is 5.32. The molecule has 0 N–H and O–H groups in total. The van der Waals surface area contributed by atoms with E-state index in [4.69, 9.17) is 11.6 Å². The van der Waals surface area contributed by atoms with Gasteiger partial charge in [-0.25, -0.2) is 0 Å². The lowest BCUT2D eigenvalue weighted by molar-refractivity contribution is 0.694. The van der Waals surface area contributed by atoms with Crippen LogP contribution in [0.3, 0.4) is 0 Å². The van der Waals surface area contributed by atoms with E-state index in [0.29, 0.717) is 0 Å². The van der Waals surface area contributed by atoms with E-state index < -0.39 is 0 Å². The summed E-state index contributed by atoms with van der Waals surface area (Å²) in [5.74, 6) is 0. The Labute approximate surface area is 130 Å². The summed E-state index contributed by atoms with van der Waals surface area (Å²) < 4.78 is 2.02. The van der Waals surface area contributed by atoms with Crippen LogP contribution in [0.4, 0.5) is 0 Å². The molecule has 3 heteroatoms. The van der Waals surface area contributed by atoms with Crippen LogP contribution in [0, 0.1) is 13.8 Å². The number of rotatable bonds is 3. The molecule has 3 aromatic rings. The van der Waals surface area contributed by atoms with Crippen molar-refractivity contribution in [1.82, 2.24) is 9.78 Å². The molecule has 2 aromatic carbocycles. The summed E-state index contributed by atoms with van der Waals surface area (Å²) in [5, 5.41) is 5.24. The molecule has 0 saturated carbocycles. The van der Waals surface area contributed by atoms with Crippen LogP contribution in [0.2, 0.25) is 5.02 Å². The highest BCUT2D eigenvalue weighted by Crippen LogP contribution is 2.25. The van der Waals surface area contributed by atoms with E-state index in [-0.39, 0.29) is 0 Å². The molecule has 2 nitrogen and oxygen atoms in total. The molecule has 106 valence electrons. The van der Waals surface area contributed by atoms with Gasteiger partial charge < -0.3 is 0 Å². The lowest BCUT2D eigenvalue weighted by Gasteiger charge is -2.09. The molecule has 1 aromatic heterocycles. The first-order valence-corrected chi connectivity index (χ1v) is 7.35. The molecule has 0 aliphatic carbocycles. The van der Waals surface area contributed by atoms with Crippen LogP contribution in [0.5, 0.6) is 0 Å². The maximum absolute atomic E-state index is 6.10. The monoisotopic (exact) mass is 296 g/mol. The molecule has 0 saturated heterocycles. The van der Waals surface area contributed by atoms with Gasteiger partial charge in [0.15, 0.2) is 0 Å². The fourth-order valence-electron chi connectivity index (χ4n) is 2.37. The van der Waals surface area contributed by atoms with Crippen molar-refractivity contribution >= 4 is 11.6 Å². The van der Waals surface area contributed by atoms with Crippen molar-refractivity contribution in [3.8, 4) is 11.3 Å². The summed E-state index contributed by atoms with van der Waals surface area (Å²) in [6, 6.07) is 16.7. The lowest BCUT2D eigenvalue weighted by Crippen LogP contribution is -2.03. The van der Waals surface area contributed by atoms with Crippen molar-refractivity contribution in [2.24, 2.45) is 0 Å². The fourth-order valence-corrected chi connectivity index (χ4v) is 2.49. The van der Waals surface area contributed by atoms with Crippen molar-refractivity contribution in [3.05, 3.63) is 76.4 Å². The van der Waals surface area contributed by atoms with Crippen LogP contribution in [0.25, 0.3) is 11.3 Å². The molecule has 0 fully saturated rings. The van der Waals surface area contributed by atoms with Gasteiger partial charge in [0, 0.05) is 16.8 Å². The molecular formula is C18H17ClN2. The molecule has 0 aliphatic rings. The quantitative estimate of drug-likeness (QED) is 0.674. The van der Waals surface area contributed by atoms with E-state index in [9.17, 15) is 0 Å².